The van der Waals surface area contributed by atoms with Crippen molar-refractivity contribution in [3.05, 3.63) is 39.9 Å². The second-order valence-corrected chi connectivity index (χ2v) is 5.56. The summed E-state index contributed by atoms with van der Waals surface area (Å²) in [6.45, 7) is -0.144. The second kappa shape index (κ2) is 6.76. The average molecular weight is 379 g/mol. The van der Waals surface area contributed by atoms with Gasteiger partial charge in [-0.2, -0.15) is 0 Å². The number of nitro groups is 1. The van der Waals surface area contributed by atoms with Gasteiger partial charge in [0.15, 0.2) is 11.5 Å². The van der Waals surface area contributed by atoms with Gasteiger partial charge in [0.2, 0.25) is 6.79 Å². The molecule has 0 radical (unpaired) electrons. The quantitative estimate of drug-likeness (QED) is 0.277. The molecule has 3 aromatic carbocycles. The number of hydrogen-bond donors (Lipinski definition) is 1. The van der Waals surface area contributed by atoms with Gasteiger partial charge in [-0.1, -0.05) is 17.9 Å². The molecule has 9 nitrogen and oxygen atoms in total. The van der Waals surface area contributed by atoms with Gasteiger partial charge in [0.1, 0.15) is 5.75 Å². The Bertz CT molecular complexity index is 1130. The fourth-order valence-corrected chi connectivity index (χ4v) is 3.24. The summed E-state index contributed by atoms with van der Waals surface area (Å²) in [5.41, 5.74) is -0.755. The number of carboxylic acids is 1. The molecule has 0 aliphatic carbocycles. The molecule has 1 heterocycles. The minimum absolute atomic E-state index is 0. The van der Waals surface area contributed by atoms with E-state index in [0.29, 0.717) is 5.39 Å². The Kier molecular flexibility index (Phi) is 4.77. The van der Waals surface area contributed by atoms with E-state index in [1.807, 2.05) is 0 Å². The van der Waals surface area contributed by atoms with Gasteiger partial charge < -0.3 is 24.4 Å². The van der Waals surface area contributed by atoms with E-state index in [9.17, 15) is 25.1 Å². The van der Waals surface area contributed by atoms with Gasteiger partial charge in [-0.05, 0) is 11.5 Å². The third-order valence-electron chi connectivity index (χ3n) is 4.26. The molecule has 0 saturated heterocycles. The monoisotopic (exact) mass is 379 g/mol. The minimum atomic E-state index is -1.34. The molecule has 1 N–H and O–H groups in total. The van der Waals surface area contributed by atoms with E-state index >= 15 is 0 Å². The molecule has 132 valence electrons. The van der Waals surface area contributed by atoms with Crippen LogP contribution in [0.2, 0.25) is 0 Å². The Morgan fingerprint density at radius 1 is 1.22 bits per heavy atom. The first-order valence-electron chi connectivity index (χ1n) is 7.38. The van der Waals surface area contributed by atoms with Gasteiger partial charge in [0.05, 0.1) is 23.0 Å². The van der Waals surface area contributed by atoms with E-state index in [2.05, 4.69) is 0 Å². The third-order valence-corrected chi connectivity index (χ3v) is 4.26. The van der Waals surface area contributed by atoms with Crippen LogP contribution in [-0.4, -0.2) is 29.9 Å². The Hall–Kier alpha value is -2.75. The summed E-state index contributed by atoms with van der Waals surface area (Å²) in [4.78, 5) is 22.6. The molecule has 0 fully saturated rings. The van der Waals surface area contributed by atoms with Gasteiger partial charge >= 0.3 is 35.5 Å². The van der Waals surface area contributed by atoms with Gasteiger partial charge in [-0.15, -0.1) is 0 Å². The van der Waals surface area contributed by atoms with Crippen LogP contribution in [0.1, 0.15) is 10.4 Å². The number of methoxy groups -OCH3 is 1. The smallest absolute Gasteiger partial charge is 0.870 e. The van der Waals surface area contributed by atoms with Gasteiger partial charge in [0, 0.05) is 16.8 Å². The van der Waals surface area contributed by atoms with E-state index < -0.39 is 22.3 Å². The summed E-state index contributed by atoms with van der Waals surface area (Å²) in [5, 5.41) is 33.9. The summed E-state index contributed by atoms with van der Waals surface area (Å²) in [6, 6.07) is 5.06. The molecule has 0 spiro atoms. The van der Waals surface area contributed by atoms with Crippen LogP contribution in [0, 0.1) is 10.1 Å². The van der Waals surface area contributed by atoms with Crippen LogP contribution in [0.25, 0.3) is 21.5 Å². The van der Waals surface area contributed by atoms with E-state index in [-0.39, 0.29) is 75.3 Å². The number of benzene rings is 3. The topological polar surface area (TPSA) is 131 Å². The van der Waals surface area contributed by atoms with Gasteiger partial charge in [-0.25, -0.2) is 4.79 Å². The number of hydrogen-bond acceptors (Lipinski definition) is 7. The van der Waals surface area contributed by atoms with Crippen molar-refractivity contribution < 1.29 is 63.7 Å². The van der Waals surface area contributed by atoms with Crippen molar-refractivity contribution in [3.8, 4) is 23.0 Å². The first-order valence-corrected chi connectivity index (χ1v) is 7.38. The molecule has 0 saturated carbocycles. The van der Waals surface area contributed by atoms with Crippen LogP contribution >= 0.6 is 0 Å². The molecule has 27 heavy (non-hydrogen) atoms. The van der Waals surface area contributed by atoms with Crippen LogP contribution < -0.4 is 48.9 Å². The predicted molar refractivity (Wildman–Crippen MR) is 87.2 cm³/mol. The first-order chi connectivity index (χ1) is 12.4. The number of nitro benzene ring substituents is 1. The molecule has 0 unspecified atom stereocenters. The fourth-order valence-electron chi connectivity index (χ4n) is 3.24. The number of carbonyl (C=O) groups is 1. The number of nitrogens with zero attached hydrogens (tertiary/aromatic N) is 1. The normalized spacial score (nSPS) is 12.0. The zero-order valence-corrected chi connectivity index (χ0v) is 16.3. The zero-order valence-electron chi connectivity index (χ0n) is 14.3. The maximum absolute atomic E-state index is 12.0. The summed E-state index contributed by atoms with van der Waals surface area (Å²) in [5.74, 6) is -1.50. The van der Waals surface area contributed by atoms with Crippen molar-refractivity contribution in [2.24, 2.45) is 0 Å². The molecule has 0 aromatic heterocycles. The summed E-state index contributed by atoms with van der Waals surface area (Å²) < 4.78 is 15.8. The summed E-state index contributed by atoms with van der Waals surface area (Å²) in [7, 11) is 1.28. The summed E-state index contributed by atoms with van der Waals surface area (Å²) in [6.07, 6.45) is 0. The molecular formula is C17H10NNaO8. The third kappa shape index (κ3) is 2.71. The molecule has 10 heteroatoms. The molecule has 0 atom stereocenters. The molecule has 1 aliphatic heterocycles. The van der Waals surface area contributed by atoms with E-state index in [4.69, 9.17) is 14.2 Å². The van der Waals surface area contributed by atoms with E-state index in [0.717, 1.165) is 6.07 Å². The van der Waals surface area contributed by atoms with Crippen molar-refractivity contribution in [3.63, 3.8) is 0 Å². The largest absolute Gasteiger partial charge is 1.00 e. The Morgan fingerprint density at radius 3 is 2.59 bits per heavy atom. The minimum Gasteiger partial charge on any atom is -0.870 e. The van der Waals surface area contributed by atoms with Gasteiger partial charge in [0.25, 0.3) is 5.69 Å². The van der Waals surface area contributed by atoms with Crippen LogP contribution in [0.5, 0.6) is 23.0 Å². The van der Waals surface area contributed by atoms with Gasteiger partial charge in [-0.3, -0.25) is 10.1 Å². The van der Waals surface area contributed by atoms with Crippen molar-refractivity contribution in [2.45, 2.75) is 0 Å². The molecule has 0 amide bonds. The van der Waals surface area contributed by atoms with Crippen LogP contribution in [-0.2, 0) is 0 Å². The standard InChI is InChI=1S/C17H11NO8.Na/c1-24-15-8-4-10(18(22)23)13-9(17(20)21)5-12-16(26-6-25-12)14(13)7(8)2-3-11(15)19;/h2-5,19H,6H2,1H3,(H,20,21);/q;+1/p-1. The molecule has 3 aromatic rings. The number of rotatable bonds is 3. The Labute approximate surface area is 173 Å². The molecule has 1 aliphatic rings. The van der Waals surface area contributed by atoms with Crippen molar-refractivity contribution >= 4 is 33.2 Å². The van der Waals surface area contributed by atoms with E-state index in [1.165, 1.54) is 25.3 Å². The SMILES string of the molecule is COc1c([O-])ccc2c1cc([N+](=O)[O-])c1c(C(=O)O)cc3c(c12)OCO3.[Na+]. The Balaban J connectivity index is 0.00000210. The van der Waals surface area contributed by atoms with Crippen molar-refractivity contribution in [1.82, 2.24) is 0 Å². The Morgan fingerprint density at radius 2 is 1.96 bits per heavy atom. The van der Waals surface area contributed by atoms with Crippen LogP contribution in [0.3, 0.4) is 0 Å². The maximum atomic E-state index is 12.0. The van der Waals surface area contributed by atoms with Crippen molar-refractivity contribution in [1.29, 1.82) is 0 Å². The molecule has 4 rings (SSSR count). The number of ether oxygens (including phenoxy) is 3. The summed E-state index contributed by atoms with van der Waals surface area (Å²) >= 11 is 0. The maximum Gasteiger partial charge on any atom is 1.00 e. The average Bonchev–Trinajstić information content (AvgIpc) is 3.07. The number of aromatic carboxylic acids is 1. The number of non-ortho nitro benzene ring substituents is 1. The zero-order chi connectivity index (χ0) is 18.6. The first kappa shape index (κ1) is 19.0. The fraction of sp³-hybridized carbons (Fsp3) is 0.118. The van der Waals surface area contributed by atoms with E-state index in [1.54, 1.807) is 0 Å². The number of fused-ring (bicyclic) bond motifs is 5. The van der Waals surface area contributed by atoms with Crippen molar-refractivity contribution in [2.75, 3.05) is 13.9 Å². The van der Waals surface area contributed by atoms with Crippen LogP contribution in [0.4, 0.5) is 5.69 Å². The second-order valence-electron chi connectivity index (χ2n) is 5.56. The molecular weight excluding hydrogens is 369 g/mol. The predicted octanol–water partition coefficient (Wildman–Crippen LogP) is -0.586. The molecule has 0 bridgehead atoms. The van der Waals surface area contributed by atoms with Crippen LogP contribution in [0.15, 0.2) is 24.3 Å². The number of carboxylic acid groups (broad SMARTS) is 1.